The molecule has 0 bridgehead atoms. The van der Waals surface area contributed by atoms with Gasteiger partial charge in [0.25, 0.3) is 0 Å². The first-order valence-electron chi connectivity index (χ1n) is 13.3. The molecule has 38 heavy (non-hydrogen) atoms. The summed E-state index contributed by atoms with van der Waals surface area (Å²) in [4.78, 5) is 0. The predicted molar refractivity (Wildman–Crippen MR) is 163 cm³/mol. The van der Waals surface area contributed by atoms with E-state index < -0.39 is 0 Å². The van der Waals surface area contributed by atoms with Gasteiger partial charge in [-0.2, -0.15) is 0 Å². The summed E-state index contributed by atoms with van der Waals surface area (Å²) in [7, 11) is 0. The summed E-state index contributed by atoms with van der Waals surface area (Å²) in [6.07, 6.45) is 0. The second-order valence-electron chi connectivity index (χ2n) is 10.4. The minimum Gasteiger partial charge on any atom is -0.309 e. The Kier molecular flexibility index (Phi) is 5.19. The number of hydrogen-bond donors (Lipinski definition) is 0. The number of aryl methyl sites for hydroxylation is 3. The van der Waals surface area contributed by atoms with Gasteiger partial charge < -0.3 is 4.57 Å². The van der Waals surface area contributed by atoms with Gasteiger partial charge in [-0.25, -0.2) is 0 Å². The van der Waals surface area contributed by atoms with Gasteiger partial charge >= 0.3 is 0 Å². The van der Waals surface area contributed by atoms with Crippen LogP contribution in [0.5, 0.6) is 0 Å². The van der Waals surface area contributed by atoms with Crippen molar-refractivity contribution in [2.75, 3.05) is 0 Å². The highest BCUT2D eigenvalue weighted by Crippen LogP contribution is 2.41. The lowest BCUT2D eigenvalue weighted by molar-refractivity contribution is 1.18. The fourth-order valence-corrected chi connectivity index (χ4v) is 6.02. The third kappa shape index (κ3) is 3.55. The topological polar surface area (TPSA) is 4.93 Å². The molecule has 0 amide bonds. The number of para-hydroxylation sites is 1. The second-order valence-corrected chi connectivity index (χ2v) is 10.4. The van der Waals surface area contributed by atoms with Gasteiger partial charge in [0.15, 0.2) is 0 Å². The van der Waals surface area contributed by atoms with E-state index in [0.29, 0.717) is 0 Å². The van der Waals surface area contributed by atoms with Gasteiger partial charge in [-0.15, -0.1) is 0 Å². The summed E-state index contributed by atoms with van der Waals surface area (Å²) in [6.45, 7) is 6.60. The molecular weight excluding hydrogens is 458 g/mol. The van der Waals surface area contributed by atoms with E-state index in [0.717, 1.165) is 0 Å². The Morgan fingerprint density at radius 3 is 2.05 bits per heavy atom. The number of benzene rings is 6. The lowest BCUT2D eigenvalue weighted by Crippen LogP contribution is -1.94. The Bertz CT molecular complexity index is 1990. The zero-order valence-corrected chi connectivity index (χ0v) is 22.0. The van der Waals surface area contributed by atoms with E-state index in [4.69, 9.17) is 0 Å². The maximum absolute atomic E-state index is 2.43. The van der Waals surface area contributed by atoms with E-state index in [9.17, 15) is 0 Å². The maximum Gasteiger partial charge on any atom is 0.0547 e. The molecule has 0 saturated heterocycles. The molecule has 1 heteroatoms. The van der Waals surface area contributed by atoms with Crippen LogP contribution in [0.1, 0.15) is 16.7 Å². The molecule has 182 valence electrons. The van der Waals surface area contributed by atoms with Crippen LogP contribution < -0.4 is 0 Å². The van der Waals surface area contributed by atoms with Crippen LogP contribution in [0.2, 0.25) is 0 Å². The summed E-state index contributed by atoms with van der Waals surface area (Å²) in [5.74, 6) is 0. The number of nitrogens with zero attached hydrogens (tertiary/aromatic N) is 1. The van der Waals surface area contributed by atoms with Crippen LogP contribution in [0, 0.1) is 20.8 Å². The van der Waals surface area contributed by atoms with Crippen LogP contribution in [-0.4, -0.2) is 4.57 Å². The molecule has 1 aromatic heterocycles. The summed E-state index contributed by atoms with van der Waals surface area (Å²) < 4.78 is 2.41. The number of rotatable bonds is 3. The van der Waals surface area contributed by atoms with Crippen LogP contribution in [0.4, 0.5) is 0 Å². The van der Waals surface area contributed by atoms with E-state index in [2.05, 4.69) is 147 Å². The number of aromatic nitrogens is 1. The fourth-order valence-electron chi connectivity index (χ4n) is 6.02. The van der Waals surface area contributed by atoms with E-state index >= 15 is 0 Å². The molecule has 0 N–H and O–H groups in total. The molecule has 0 radical (unpaired) electrons. The third-order valence-corrected chi connectivity index (χ3v) is 7.89. The summed E-state index contributed by atoms with van der Waals surface area (Å²) in [5, 5.41) is 5.13. The van der Waals surface area contributed by atoms with Crippen LogP contribution in [0.25, 0.3) is 60.5 Å². The zero-order valence-electron chi connectivity index (χ0n) is 22.0. The van der Waals surface area contributed by atoms with Crippen molar-refractivity contribution < 1.29 is 0 Å². The number of fused-ring (bicyclic) bond motifs is 4. The van der Waals surface area contributed by atoms with E-state index in [1.807, 2.05) is 0 Å². The van der Waals surface area contributed by atoms with Crippen LogP contribution in [0.15, 0.2) is 121 Å². The quantitative estimate of drug-likeness (QED) is 0.234. The highest BCUT2D eigenvalue weighted by molar-refractivity contribution is 6.16. The molecule has 0 spiro atoms. The van der Waals surface area contributed by atoms with Crippen LogP contribution >= 0.6 is 0 Å². The molecule has 0 aliphatic rings. The van der Waals surface area contributed by atoms with Crippen molar-refractivity contribution in [1.29, 1.82) is 0 Å². The Morgan fingerprint density at radius 2 is 1.24 bits per heavy atom. The Labute approximate surface area is 223 Å². The van der Waals surface area contributed by atoms with Crippen molar-refractivity contribution in [1.82, 2.24) is 4.57 Å². The van der Waals surface area contributed by atoms with Crippen molar-refractivity contribution >= 4 is 32.6 Å². The first-order chi connectivity index (χ1) is 18.6. The standard InChI is InChI=1S/C37H29N/c1-24-10-9-12-27(20-24)28-18-19-35-33(21-28)34-23-32-29(22-36(34)38(35)30-13-5-4-6-14-30)17-16-26(3)37(32)31-15-8-7-11-25(31)2/h4-23H,1-3H3. The normalized spacial score (nSPS) is 11.6. The largest absolute Gasteiger partial charge is 0.309 e. The molecule has 7 rings (SSSR count). The summed E-state index contributed by atoms with van der Waals surface area (Å²) >= 11 is 0. The van der Waals surface area contributed by atoms with Crippen LogP contribution in [-0.2, 0) is 0 Å². The van der Waals surface area contributed by atoms with Crippen molar-refractivity contribution in [3.05, 3.63) is 138 Å². The average molecular weight is 488 g/mol. The molecule has 0 aliphatic carbocycles. The average Bonchev–Trinajstić information content (AvgIpc) is 3.25. The second kappa shape index (κ2) is 8.75. The van der Waals surface area contributed by atoms with E-state index in [-0.39, 0.29) is 0 Å². The first kappa shape index (κ1) is 22.6. The van der Waals surface area contributed by atoms with Gasteiger partial charge in [-0.05, 0) is 101 Å². The van der Waals surface area contributed by atoms with Gasteiger partial charge in [-0.1, -0.05) is 90.5 Å². The molecule has 1 heterocycles. The number of hydrogen-bond acceptors (Lipinski definition) is 0. The zero-order chi connectivity index (χ0) is 25.8. The van der Waals surface area contributed by atoms with E-state index in [1.54, 1.807) is 0 Å². The molecule has 7 aromatic rings. The summed E-state index contributed by atoms with van der Waals surface area (Å²) in [5.41, 5.74) is 12.7. The monoisotopic (exact) mass is 487 g/mol. The molecule has 0 aliphatic heterocycles. The Hall–Kier alpha value is -4.62. The Morgan fingerprint density at radius 1 is 0.474 bits per heavy atom. The molecule has 6 aromatic carbocycles. The van der Waals surface area contributed by atoms with E-state index in [1.165, 1.54) is 77.2 Å². The highest BCUT2D eigenvalue weighted by Gasteiger charge is 2.17. The van der Waals surface area contributed by atoms with Gasteiger partial charge in [0, 0.05) is 16.5 Å². The lowest BCUT2D eigenvalue weighted by atomic mass is 9.90. The van der Waals surface area contributed by atoms with Crippen molar-refractivity contribution in [2.45, 2.75) is 20.8 Å². The van der Waals surface area contributed by atoms with Gasteiger partial charge in [0.1, 0.15) is 0 Å². The first-order valence-corrected chi connectivity index (χ1v) is 13.3. The molecule has 0 atom stereocenters. The molecule has 0 fully saturated rings. The van der Waals surface area contributed by atoms with Crippen molar-refractivity contribution in [3.8, 4) is 27.9 Å². The summed E-state index contributed by atoms with van der Waals surface area (Å²) in [6, 6.07) is 44.5. The highest BCUT2D eigenvalue weighted by atomic mass is 15.0. The predicted octanol–water partition coefficient (Wildman–Crippen LogP) is 10.2. The Balaban J connectivity index is 1.61. The van der Waals surface area contributed by atoms with Crippen LogP contribution in [0.3, 0.4) is 0 Å². The molecule has 0 unspecified atom stereocenters. The molecule has 1 nitrogen and oxygen atoms in total. The molecular formula is C37H29N. The SMILES string of the molecule is Cc1cccc(-c2ccc3c(c2)c2cc4c(-c5ccccc5C)c(C)ccc4cc2n3-c2ccccc2)c1. The molecule has 0 saturated carbocycles. The maximum atomic E-state index is 2.43. The minimum absolute atomic E-state index is 1.18. The fraction of sp³-hybridized carbons (Fsp3) is 0.0811. The van der Waals surface area contributed by atoms with Gasteiger partial charge in [-0.3, -0.25) is 0 Å². The van der Waals surface area contributed by atoms with Crippen molar-refractivity contribution in [2.24, 2.45) is 0 Å². The smallest absolute Gasteiger partial charge is 0.0547 e. The third-order valence-electron chi connectivity index (χ3n) is 7.89. The minimum atomic E-state index is 1.18. The lowest BCUT2D eigenvalue weighted by Gasteiger charge is -2.14. The van der Waals surface area contributed by atoms with Gasteiger partial charge in [0.2, 0.25) is 0 Å². The van der Waals surface area contributed by atoms with Gasteiger partial charge in [0.05, 0.1) is 11.0 Å². The van der Waals surface area contributed by atoms with Crippen molar-refractivity contribution in [3.63, 3.8) is 0 Å².